The third-order valence-corrected chi connectivity index (χ3v) is 2.59. The molecule has 0 aliphatic rings. The van der Waals surface area contributed by atoms with Crippen LogP contribution in [0.4, 0.5) is 0 Å². The molecule has 0 aliphatic carbocycles. The maximum atomic E-state index is 5.70. The Labute approximate surface area is 112 Å². The molecule has 1 aromatic rings. The van der Waals surface area contributed by atoms with E-state index < -0.39 is 0 Å². The highest BCUT2D eigenvalue weighted by Crippen LogP contribution is 2.09. The first-order valence-corrected chi connectivity index (χ1v) is 6.32. The van der Waals surface area contributed by atoms with Crippen LogP contribution in [0.2, 0.25) is 0 Å². The predicted molar refractivity (Wildman–Crippen MR) is 77.6 cm³/mol. The number of rotatable bonds is 5. The summed E-state index contributed by atoms with van der Waals surface area (Å²) in [7, 11) is 0. The summed E-state index contributed by atoms with van der Waals surface area (Å²) in [5.74, 6) is 0.609. The second kappa shape index (κ2) is 7.25. The van der Waals surface area contributed by atoms with Gasteiger partial charge in [-0.05, 0) is 37.5 Å². The molecule has 5 heteroatoms. The fourth-order valence-electron chi connectivity index (χ4n) is 1.37. The van der Waals surface area contributed by atoms with E-state index in [1.54, 1.807) is 0 Å². The van der Waals surface area contributed by atoms with Crippen molar-refractivity contribution in [1.29, 1.82) is 0 Å². The molecule has 3 N–H and O–H groups in total. The molecule has 0 fully saturated rings. The van der Waals surface area contributed by atoms with Crippen LogP contribution in [0.3, 0.4) is 0 Å². The van der Waals surface area contributed by atoms with E-state index in [0.29, 0.717) is 5.88 Å². The fourth-order valence-corrected chi connectivity index (χ4v) is 1.55. The molecule has 0 aromatic heterocycles. The maximum absolute atomic E-state index is 5.70. The SMILES string of the molecule is Cc1ccc(/C(CCCCl)=N/NC(N)=S)cc1. The maximum Gasteiger partial charge on any atom is 0.184 e. The predicted octanol–water partition coefficient (Wildman–Crippen LogP) is 2.55. The average Bonchev–Trinajstić information content (AvgIpc) is 2.30. The molecule has 0 atom stereocenters. The van der Waals surface area contributed by atoms with E-state index in [1.165, 1.54) is 5.56 Å². The number of hydrazone groups is 1. The van der Waals surface area contributed by atoms with Crippen LogP contribution in [0.25, 0.3) is 0 Å². The topological polar surface area (TPSA) is 50.4 Å². The lowest BCUT2D eigenvalue weighted by molar-refractivity contribution is 0.956. The van der Waals surface area contributed by atoms with Crippen LogP contribution in [-0.2, 0) is 0 Å². The monoisotopic (exact) mass is 269 g/mol. The minimum absolute atomic E-state index is 0.167. The molecule has 1 aromatic carbocycles. The summed E-state index contributed by atoms with van der Waals surface area (Å²) in [6.45, 7) is 2.05. The Kier molecular flexibility index (Phi) is 5.94. The highest BCUT2D eigenvalue weighted by Gasteiger charge is 2.03. The van der Waals surface area contributed by atoms with Gasteiger partial charge in [0, 0.05) is 5.88 Å². The number of benzene rings is 1. The summed E-state index contributed by atoms with van der Waals surface area (Å²) in [5.41, 5.74) is 11.2. The Balaban J connectivity index is 2.84. The van der Waals surface area contributed by atoms with Gasteiger partial charge in [0.05, 0.1) is 5.71 Å². The van der Waals surface area contributed by atoms with Crippen molar-refractivity contribution < 1.29 is 0 Å². The molecule has 0 saturated heterocycles. The van der Waals surface area contributed by atoms with Gasteiger partial charge in [0.2, 0.25) is 0 Å². The molecule has 0 saturated carbocycles. The van der Waals surface area contributed by atoms with Crippen LogP contribution in [0, 0.1) is 6.92 Å². The molecular formula is C12H16ClN3S. The van der Waals surface area contributed by atoms with E-state index in [9.17, 15) is 0 Å². The number of thiocarbonyl (C=S) groups is 1. The molecule has 1 rings (SSSR count). The number of aryl methyl sites for hydroxylation is 1. The van der Waals surface area contributed by atoms with Gasteiger partial charge >= 0.3 is 0 Å². The Morgan fingerprint density at radius 2 is 2.06 bits per heavy atom. The summed E-state index contributed by atoms with van der Waals surface area (Å²) in [5, 5.41) is 4.37. The summed E-state index contributed by atoms with van der Waals surface area (Å²) in [6.07, 6.45) is 1.66. The summed E-state index contributed by atoms with van der Waals surface area (Å²) in [6, 6.07) is 8.16. The Bertz CT molecular complexity index is 401. The number of nitrogens with two attached hydrogens (primary N) is 1. The second-order valence-corrected chi connectivity index (χ2v) is 4.51. The summed E-state index contributed by atoms with van der Waals surface area (Å²) >= 11 is 10.4. The van der Waals surface area contributed by atoms with Gasteiger partial charge in [-0.25, -0.2) is 0 Å². The van der Waals surface area contributed by atoms with E-state index >= 15 is 0 Å². The molecule has 0 heterocycles. The molecule has 0 amide bonds. The van der Waals surface area contributed by atoms with Crippen molar-refractivity contribution in [3.05, 3.63) is 35.4 Å². The van der Waals surface area contributed by atoms with Gasteiger partial charge in [-0.2, -0.15) is 5.10 Å². The molecule has 0 spiro atoms. The summed E-state index contributed by atoms with van der Waals surface area (Å²) in [4.78, 5) is 0. The van der Waals surface area contributed by atoms with Crippen LogP contribution < -0.4 is 11.2 Å². The second-order valence-electron chi connectivity index (χ2n) is 3.69. The van der Waals surface area contributed by atoms with E-state index in [1.807, 2.05) is 31.2 Å². The zero-order valence-corrected chi connectivity index (χ0v) is 11.3. The molecule has 17 heavy (non-hydrogen) atoms. The highest BCUT2D eigenvalue weighted by atomic mass is 35.5. The van der Waals surface area contributed by atoms with Crippen molar-refractivity contribution in [3.63, 3.8) is 0 Å². The van der Waals surface area contributed by atoms with Crippen LogP contribution in [0.1, 0.15) is 24.0 Å². The van der Waals surface area contributed by atoms with Crippen LogP contribution in [0.15, 0.2) is 29.4 Å². The smallest absolute Gasteiger partial charge is 0.184 e. The van der Waals surface area contributed by atoms with E-state index in [2.05, 4.69) is 10.5 Å². The number of nitrogens with zero attached hydrogens (tertiary/aromatic N) is 1. The quantitative estimate of drug-likeness (QED) is 0.374. The van der Waals surface area contributed by atoms with E-state index in [-0.39, 0.29) is 5.11 Å². The van der Waals surface area contributed by atoms with Gasteiger partial charge in [-0.1, -0.05) is 29.8 Å². The Morgan fingerprint density at radius 1 is 1.41 bits per heavy atom. The van der Waals surface area contributed by atoms with Gasteiger partial charge < -0.3 is 5.73 Å². The van der Waals surface area contributed by atoms with Crippen LogP contribution in [0.5, 0.6) is 0 Å². The third-order valence-electron chi connectivity index (χ3n) is 2.23. The largest absolute Gasteiger partial charge is 0.375 e. The van der Waals surface area contributed by atoms with Gasteiger partial charge in [0.15, 0.2) is 5.11 Å². The van der Waals surface area contributed by atoms with Gasteiger partial charge in [-0.3, -0.25) is 5.43 Å². The standard InChI is InChI=1S/C12H16ClN3S/c1-9-4-6-10(7-5-9)11(3-2-8-13)15-16-12(14)17/h4-7H,2-3,8H2,1H3,(H3,14,16,17)/b15-11+. The lowest BCUT2D eigenvalue weighted by atomic mass is 10.0. The van der Waals surface area contributed by atoms with Crippen molar-refractivity contribution in [1.82, 2.24) is 5.43 Å². The van der Waals surface area contributed by atoms with Crippen LogP contribution in [-0.4, -0.2) is 16.7 Å². The van der Waals surface area contributed by atoms with Crippen molar-refractivity contribution in [2.24, 2.45) is 10.8 Å². The zero-order valence-electron chi connectivity index (χ0n) is 9.74. The first kappa shape index (κ1) is 13.9. The minimum atomic E-state index is 0.167. The third kappa shape index (κ3) is 5.15. The van der Waals surface area contributed by atoms with Crippen molar-refractivity contribution >= 4 is 34.6 Å². The van der Waals surface area contributed by atoms with Gasteiger partial charge in [-0.15, -0.1) is 11.6 Å². The molecule has 3 nitrogen and oxygen atoms in total. The number of nitrogens with one attached hydrogen (secondary N) is 1. The van der Waals surface area contributed by atoms with Crippen molar-refractivity contribution in [2.75, 3.05) is 5.88 Å². The first-order valence-electron chi connectivity index (χ1n) is 5.38. The number of halogens is 1. The van der Waals surface area contributed by atoms with Gasteiger partial charge in [0.25, 0.3) is 0 Å². The van der Waals surface area contributed by atoms with E-state index in [0.717, 1.165) is 24.1 Å². The Morgan fingerprint density at radius 3 is 2.59 bits per heavy atom. The number of hydrogen-bond acceptors (Lipinski definition) is 2. The molecular weight excluding hydrogens is 254 g/mol. The molecule has 92 valence electrons. The Hall–Kier alpha value is -1.13. The first-order chi connectivity index (χ1) is 8.13. The van der Waals surface area contributed by atoms with Crippen LogP contribution >= 0.6 is 23.8 Å². The number of alkyl halides is 1. The normalized spacial score (nSPS) is 11.3. The lowest BCUT2D eigenvalue weighted by Gasteiger charge is -2.07. The lowest BCUT2D eigenvalue weighted by Crippen LogP contribution is -2.25. The average molecular weight is 270 g/mol. The molecule has 0 aliphatic heterocycles. The van der Waals surface area contributed by atoms with Gasteiger partial charge in [0.1, 0.15) is 0 Å². The molecule has 0 bridgehead atoms. The minimum Gasteiger partial charge on any atom is -0.375 e. The summed E-state index contributed by atoms with van der Waals surface area (Å²) < 4.78 is 0. The van der Waals surface area contributed by atoms with Crippen molar-refractivity contribution in [3.8, 4) is 0 Å². The number of hydrogen-bond donors (Lipinski definition) is 2. The van der Waals surface area contributed by atoms with Crippen molar-refractivity contribution in [2.45, 2.75) is 19.8 Å². The fraction of sp³-hybridized carbons (Fsp3) is 0.333. The molecule has 0 unspecified atom stereocenters. The molecule has 0 radical (unpaired) electrons. The zero-order chi connectivity index (χ0) is 12.7. The highest BCUT2D eigenvalue weighted by molar-refractivity contribution is 7.80. The van der Waals surface area contributed by atoms with E-state index in [4.69, 9.17) is 29.6 Å².